The molecule has 21 heavy (non-hydrogen) atoms. The van der Waals surface area contributed by atoms with E-state index in [2.05, 4.69) is 11.5 Å². The molecule has 0 saturated carbocycles. The van der Waals surface area contributed by atoms with Gasteiger partial charge in [0.05, 0.1) is 0 Å². The number of aryl methyl sites for hydroxylation is 3. The van der Waals surface area contributed by atoms with Gasteiger partial charge < -0.3 is 10.3 Å². The number of amides is 1. The van der Waals surface area contributed by atoms with Crippen molar-refractivity contribution in [2.75, 3.05) is 17.4 Å². The molecule has 110 valence electrons. The number of anilines is 2. The van der Waals surface area contributed by atoms with E-state index in [4.69, 9.17) is 5.84 Å². The van der Waals surface area contributed by atoms with Crippen LogP contribution in [0.25, 0.3) is 0 Å². The number of benzene rings is 2. The SMILES string of the molecule is Cc1ccc(N(C)C(=O)c2ccc(NN)cc2C)c(C)c1. The molecule has 4 nitrogen and oxygen atoms in total. The molecule has 0 unspecified atom stereocenters. The normalized spacial score (nSPS) is 10.3. The summed E-state index contributed by atoms with van der Waals surface area (Å²) < 4.78 is 0. The Hall–Kier alpha value is -2.33. The molecule has 0 aliphatic heterocycles. The molecule has 0 atom stereocenters. The molecule has 0 fully saturated rings. The van der Waals surface area contributed by atoms with Gasteiger partial charge in [-0.3, -0.25) is 10.6 Å². The average Bonchev–Trinajstić information content (AvgIpc) is 2.45. The lowest BCUT2D eigenvalue weighted by atomic mass is 10.1. The zero-order valence-electron chi connectivity index (χ0n) is 12.9. The van der Waals surface area contributed by atoms with E-state index in [1.807, 2.05) is 39.0 Å². The van der Waals surface area contributed by atoms with E-state index in [0.29, 0.717) is 5.56 Å². The van der Waals surface area contributed by atoms with Crippen LogP contribution in [0.15, 0.2) is 36.4 Å². The smallest absolute Gasteiger partial charge is 0.258 e. The number of rotatable bonds is 3. The molecule has 0 bridgehead atoms. The summed E-state index contributed by atoms with van der Waals surface area (Å²) in [7, 11) is 1.80. The fourth-order valence-electron chi connectivity index (χ4n) is 2.47. The summed E-state index contributed by atoms with van der Waals surface area (Å²) in [5.41, 5.74) is 8.14. The summed E-state index contributed by atoms with van der Waals surface area (Å²) >= 11 is 0. The molecule has 0 saturated heterocycles. The van der Waals surface area contributed by atoms with Gasteiger partial charge in [0.2, 0.25) is 0 Å². The topological polar surface area (TPSA) is 58.4 Å². The number of hydrogen-bond acceptors (Lipinski definition) is 3. The van der Waals surface area contributed by atoms with Gasteiger partial charge >= 0.3 is 0 Å². The third kappa shape index (κ3) is 3.06. The number of nitrogens with zero attached hydrogens (tertiary/aromatic N) is 1. The Morgan fingerprint density at radius 1 is 1.05 bits per heavy atom. The first-order valence-electron chi connectivity index (χ1n) is 6.86. The quantitative estimate of drug-likeness (QED) is 0.672. The molecular formula is C17H21N3O. The molecule has 0 spiro atoms. The number of nitrogens with two attached hydrogens (primary N) is 1. The Bertz CT molecular complexity index is 680. The summed E-state index contributed by atoms with van der Waals surface area (Å²) in [5, 5.41) is 0. The van der Waals surface area contributed by atoms with E-state index >= 15 is 0 Å². The molecule has 4 heteroatoms. The molecule has 0 aliphatic rings. The van der Waals surface area contributed by atoms with Crippen molar-refractivity contribution in [2.45, 2.75) is 20.8 Å². The van der Waals surface area contributed by atoms with Gasteiger partial charge in [-0.05, 0) is 56.2 Å². The highest BCUT2D eigenvalue weighted by atomic mass is 16.2. The van der Waals surface area contributed by atoms with Crippen LogP contribution in [0.2, 0.25) is 0 Å². The standard InChI is InChI=1S/C17H21N3O/c1-11-5-8-16(13(3)9-11)20(4)17(21)15-7-6-14(19-18)10-12(15)2/h5-10,19H,18H2,1-4H3. The van der Waals surface area contributed by atoms with Crippen molar-refractivity contribution in [1.82, 2.24) is 0 Å². The van der Waals surface area contributed by atoms with Crippen molar-refractivity contribution in [1.29, 1.82) is 0 Å². The van der Waals surface area contributed by atoms with Gasteiger partial charge in [0.25, 0.3) is 5.91 Å². The van der Waals surface area contributed by atoms with Gasteiger partial charge in [-0.1, -0.05) is 17.7 Å². The Morgan fingerprint density at radius 3 is 2.33 bits per heavy atom. The van der Waals surface area contributed by atoms with Crippen molar-refractivity contribution < 1.29 is 4.79 Å². The number of carbonyl (C=O) groups is 1. The van der Waals surface area contributed by atoms with E-state index in [-0.39, 0.29) is 5.91 Å². The second-order valence-corrected chi connectivity index (χ2v) is 5.33. The molecule has 0 aromatic heterocycles. The zero-order valence-corrected chi connectivity index (χ0v) is 12.9. The lowest BCUT2D eigenvalue weighted by Crippen LogP contribution is -2.27. The summed E-state index contributed by atoms with van der Waals surface area (Å²) in [6.07, 6.45) is 0. The van der Waals surface area contributed by atoms with Crippen molar-refractivity contribution in [3.8, 4) is 0 Å². The molecular weight excluding hydrogens is 262 g/mol. The van der Waals surface area contributed by atoms with E-state index in [0.717, 1.165) is 22.5 Å². The van der Waals surface area contributed by atoms with Crippen LogP contribution in [0, 0.1) is 20.8 Å². The fraction of sp³-hybridized carbons (Fsp3) is 0.235. The Morgan fingerprint density at radius 2 is 1.76 bits per heavy atom. The summed E-state index contributed by atoms with van der Waals surface area (Å²) in [5.74, 6) is 5.36. The van der Waals surface area contributed by atoms with E-state index < -0.39 is 0 Å². The second-order valence-electron chi connectivity index (χ2n) is 5.33. The van der Waals surface area contributed by atoms with Crippen LogP contribution in [0.4, 0.5) is 11.4 Å². The minimum absolute atomic E-state index is 0.0250. The Labute approximate surface area is 125 Å². The van der Waals surface area contributed by atoms with Crippen LogP contribution < -0.4 is 16.2 Å². The maximum absolute atomic E-state index is 12.7. The van der Waals surface area contributed by atoms with Crippen molar-refractivity contribution >= 4 is 17.3 Å². The zero-order chi connectivity index (χ0) is 15.6. The van der Waals surface area contributed by atoms with E-state index in [1.165, 1.54) is 5.56 Å². The van der Waals surface area contributed by atoms with Crippen LogP contribution in [-0.2, 0) is 0 Å². The van der Waals surface area contributed by atoms with Crippen LogP contribution >= 0.6 is 0 Å². The summed E-state index contributed by atoms with van der Waals surface area (Å²) in [6.45, 7) is 5.96. The van der Waals surface area contributed by atoms with Crippen LogP contribution in [0.5, 0.6) is 0 Å². The highest BCUT2D eigenvalue weighted by Gasteiger charge is 2.17. The molecule has 0 radical (unpaired) electrons. The molecule has 0 heterocycles. The summed E-state index contributed by atoms with van der Waals surface area (Å²) in [6, 6.07) is 11.5. The number of carbonyl (C=O) groups excluding carboxylic acids is 1. The predicted octanol–water partition coefficient (Wildman–Crippen LogP) is 3.17. The van der Waals surface area contributed by atoms with Gasteiger partial charge in [0.1, 0.15) is 0 Å². The Balaban J connectivity index is 2.35. The highest BCUT2D eigenvalue weighted by Crippen LogP contribution is 2.23. The van der Waals surface area contributed by atoms with Gasteiger partial charge in [0.15, 0.2) is 0 Å². The predicted molar refractivity (Wildman–Crippen MR) is 87.6 cm³/mol. The minimum atomic E-state index is -0.0250. The van der Waals surface area contributed by atoms with E-state index in [1.54, 1.807) is 24.1 Å². The monoisotopic (exact) mass is 283 g/mol. The van der Waals surface area contributed by atoms with Crippen LogP contribution in [0.3, 0.4) is 0 Å². The van der Waals surface area contributed by atoms with Gasteiger partial charge in [-0.2, -0.15) is 0 Å². The molecule has 2 aromatic rings. The second kappa shape index (κ2) is 5.97. The molecule has 2 rings (SSSR count). The van der Waals surface area contributed by atoms with E-state index in [9.17, 15) is 4.79 Å². The first kappa shape index (κ1) is 15.1. The third-order valence-corrected chi connectivity index (χ3v) is 3.64. The highest BCUT2D eigenvalue weighted by molar-refractivity contribution is 6.07. The number of hydrogen-bond donors (Lipinski definition) is 2. The lowest BCUT2D eigenvalue weighted by molar-refractivity contribution is 0.0992. The number of nitrogen functional groups attached to an aromatic ring is 1. The number of nitrogens with one attached hydrogen (secondary N) is 1. The average molecular weight is 283 g/mol. The van der Waals surface area contributed by atoms with Crippen molar-refractivity contribution in [2.24, 2.45) is 5.84 Å². The van der Waals surface area contributed by atoms with Crippen LogP contribution in [-0.4, -0.2) is 13.0 Å². The first-order chi connectivity index (χ1) is 9.93. The largest absolute Gasteiger partial charge is 0.324 e. The number of hydrazine groups is 1. The fourth-order valence-corrected chi connectivity index (χ4v) is 2.47. The van der Waals surface area contributed by atoms with Crippen molar-refractivity contribution in [3.05, 3.63) is 58.7 Å². The first-order valence-corrected chi connectivity index (χ1v) is 6.86. The summed E-state index contributed by atoms with van der Waals surface area (Å²) in [4.78, 5) is 14.4. The molecule has 0 aliphatic carbocycles. The van der Waals surface area contributed by atoms with Crippen LogP contribution in [0.1, 0.15) is 27.0 Å². The molecule has 2 aromatic carbocycles. The van der Waals surface area contributed by atoms with Gasteiger partial charge in [-0.25, -0.2) is 0 Å². The van der Waals surface area contributed by atoms with Gasteiger partial charge in [0, 0.05) is 24.0 Å². The third-order valence-electron chi connectivity index (χ3n) is 3.64. The Kier molecular flexibility index (Phi) is 4.29. The molecule has 3 N–H and O–H groups in total. The maximum atomic E-state index is 12.7. The van der Waals surface area contributed by atoms with Gasteiger partial charge in [-0.15, -0.1) is 0 Å². The maximum Gasteiger partial charge on any atom is 0.258 e. The molecule has 1 amide bonds. The lowest BCUT2D eigenvalue weighted by Gasteiger charge is -2.21. The van der Waals surface area contributed by atoms with Crippen molar-refractivity contribution in [3.63, 3.8) is 0 Å². The minimum Gasteiger partial charge on any atom is -0.324 e.